The van der Waals surface area contributed by atoms with E-state index in [1.54, 1.807) is 6.92 Å². The second kappa shape index (κ2) is 58.1. The van der Waals surface area contributed by atoms with E-state index < -0.39 is 60.4 Å². The zero-order valence-corrected chi connectivity index (χ0v) is 56.5. The first-order chi connectivity index (χ1) is 44.1. The Balaban J connectivity index is 4.26. The summed E-state index contributed by atoms with van der Waals surface area (Å²) in [6.45, 7) is 3.81. The van der Waals surface area contributed by atoms with Crippen molar-refractivity contribution in [3.05, 3.63) is 0 Å². The molecule has 13 N–H and O–H groups in total. The average Bonchev–Trinajstić information content (AvgIpc) is 3.69. The molecule has 23 heteroatoms. The maximum atomic E-state index is 13.2. The van der Waals surface area contributed by atoms with Crippen LogP contribution in [0.1, 0.15) is 296 Å². The first-order valence-electron chi connectivity index (χ1n) is 35.3. The van der Waals surface area contributed by atoms with E-state index in [0.29, 0.717) is 135 Å². The molecule has 4 amide bonds. The van der Waals surface area contributed by atoms with Crippen LogP contribution in [-0.2, 0) is 57.5 Å². The van der Waals surface area contributed by atoms with Gasteiger partial charge in [-0.1, -0.05) is 129 Å². The van der Waals surface area contributed by atoms with Crippen LogP contribution in [0.25, 0.3) is 0 Å². The van der Waals surface area contributed by atoms with Crippen LogP contribution in [0.5, 0.6) is 0 Å². The molecule has 530 valence electrons. The van der Waals surface area contributed by atoms with Gasteiger partial charge in [0.05, 0.1) is 30.6 Å². The Morgan fingerprint density at radius 1 is 0.380 bits per heavy atom. The van der Waals surface area contributed by atoms with E-state index in [1.165, 1.54) is 0 Å². The fraction of sp³-hybridized carbons (Fsp3) is 0.826. The SMILES string of the molecule is CC[C@@H](CCCCNC(=O)[C@@H](N)CCCCNC(=O)CC[C@H](NC(=O)CCCCCCCCCCCCC(C)=O)C(=O)O)C(=O)CN[C@@H](CCCCNC(=O)[C@@H](N)CCCCCC(=O)CC[C@H](CC(=O)CCCCCCCCCCCCC(=O)O)C(=O)O)C(=O)CO. The van der Waals surface area contributed by atoms with Gasteiger partial charge in [-0.25, -0.2) is 4.79 Å². The number of nitrogens with two attached hydrogens (primary N) is 2. The van der Waals surface area contributed by atoms with Crippen LogP contribution in [-0.4, -0.2) is 148 Å². The highest BCUT2D eigenvalue weighted by Gasteiger charge is 2.25. The van der Waals surface area contributed by atoms with Gasteiger partial charge in [-0.15, -0.1) is 0 Å². The lowest BCUT2D eigenvalue weighted by atomic mass is 9.93. The lowest BCUT2D eigenvalue weighted by molar-refractivity contribution is -0.144. The molecular weight excluding hydrogens is 1180 g/mol. The van der Waals surface area contributed by atoms with Crippen LogP contribution in [0, 0.1) is 11.8 Å². The predicted octanol–water partition coefficient (Wildman–Crippen LogP) is 8.96. The number of nitrogens with one attached hydrogen (secondary N) is 5. The molecule has 6 atom stereocenters. The van der Waals surface area contributed by atoms with Crippen molar-refractivity contribution in [1.82, 2.24) is 26.6 Å². The van der Waals surface area contributed by atoms with Crippen LogP contribution in [0.4, 0.5) is 0 Å². The van der Waals surface area contributed by atoms with Gasteiger partial charge in [-0.3, -0.25) is 47.9 Å². The predicted molar refractivity (Wildman–Crippen MR) is 355 cm³/mol. The molecule has 0 aromatic heterocycles. The van der Waals surface area contributed by atoms with Crippen LogP contribution >= 0.6 is 0 Å². The van der Waals surface area contributed by atoms with Crippen LogP contribution in [0.3, 0.4) is 0 Å². The monoisotopic (exact) mass is 1310 g/mol. The second-order valence-corrected chi connectivity index (χ2v) is 25.4. The third-order valence-corrected chi connectivity index (χ3v) is 17.1. The number of aliphatic hydroxyl groups is 1. The topological polar surface area (TPSA) is 398 Å². The van der Waals surface area contributed by atoms with Gasteiger partial charge >= 0.3 is 17.9 Å². The molecule has 0 fully saturated rings. The highest BCUT2D eigenvalue weighted by molar-refractivity contribution is 5.88. The summed E-state index contributed by atoms with van der Waals surface area (Å²) in [7, 11) is 0. The number of ketones is 5. The van der Waals surface area contributed by atoms with Crippen molar-refractivity contribution < 1.29 is 78.0 Å². The quantitative estimate of drug-likeness (QED) is 0.0253. The van der Waals surface area contributed by atoms with E-state index in [2.05, 4.69) is 26.6 Å². The van der Waals surface area contributed by atoms with Gasteiger partial charge in [0.25, 0.3) is 0 Å². The largest absolute Gasteiger partial charge is 0.481 e. The number of hydrogen-bond donors (Lipinski definition) is 11. The Hall–Kier alpha value is -5.52. The molecule has 23 nitrogen and oxygen atoms in total. The van der Waals surface area contributed by atoms with Gasteiger partial charge in [0.15, 0.2) is 5.78 Å². The molecule has 0 rings (SSSR count). The van der Waals surface area contributed by atoms with E-state index in [0.717, 1.165) is 116 Å². The number of Topliss-reactive ketones (excluding diaryl/α,β-unsaturated/α-hetero) is 5. The second-order valence-electron chi connectivity index (χ2n) is 25.4. The molecule has 0 saturated heterocycles. The first kappa shape index (κ1) is 86.5. The fourth-order valence-corrected chi connectivity index (χ4v) is 11.1. The Bertz CT molecular complexity index is 2110. The number of unbranched alkanes of at least 4 members (excludes halogenated alkanes) is 23. The lowest BCUT2D eigenvalue weighted by Gasteiger charge is -2.19. The van der Waals surface area contributed by atoms with E-state index >= 15 is 0 Å². The van der Waals surface area contributed by atoms with Crippen molar-refractivity contribution >= 4 is 70.5 Å². The third-order valence-electron chi connectivity index (χ3n) is 17.1. The highest BCUT2D eigenvalue weighted by Crippen LogP contribution is 2.20. The van der Waals surface area contributed by atoms with Gasteiger partial charge < -0.3 is 63.3 Å². The number of carbonyl (C=O) groups is 12. The molecule has 0 heterocycles. The molecule has 0 unspecified atom stereocenters. The Morgan fingerprint density at radius 3 is 1.29 bits per heavy atom. The zero-order chi connectivity index (χ0) is 68.6. The summed E-state index contributed by atoms with van der Waals surface area (Å²) in [6, 6.07) is -3.40. The van der Waals surface area contributed by atoms with Crippen molar-refractivity contribution in [1.29, 1.82) is 0 Å². The van der Waals surface area contributed by atoms with Crippen molar-refractivity contribution in [3.8, 4) is 0 Å². The lowest BCUT2D eigenvalue weighted by Crippen LogP contribution is -2.43. The van der Waals surface area contributed by atoms with Crippen LogP contribution < -0.4 is 38.1 Å². The van der Waals surface area contributed by atoms with Crippen LogP contribution in [0.15, 0.2) is 0 Å². The summed E-state index contributed by atoms with van der Waals surface area (Å²) < 4.78 is 0. The highest BCUT2D eigenvalue weighted by atomic mass is 16.4. The van der Waals surface area contributed by atoms with Crippen LogP contribution in [0.2, 0.25) is 0 Å². The number of carboxylic acid groups (broad SMARTS) is 3. The molecule has 0 spiro atoms. The van der Waals surface area contributed by atoms with Crippen molar-refractivity contribution in [2.24, 2.45) is 23.3 Å². The standard InChI is InChI=1S/C69H123N7O16/c1-3-53(34-27-30-47-73-67(88)58(71)38-28-31-46-72-63(83)45-44-60(69(91)92)76-64(84)40-25-18-14-10-6-4-8-12-16-21-33-52(2)78)61(81)50-75-59(62(82)51-77)39-29-32-48-74-66(87)57(70)37-24-20-23-35-55(79)43-42-54(68(89)90)49-56(80)36-22-17-13-9-5-7-11-15-19-26-41-65(85)86/h53-54,57-60,75,77H,3-51,70-71H2,1-2H3,(H,72,83)(H,73,88)(H,74,87)(H,76,84)(H,85,86)(H,89,90)(H,91,92)/t53-,54+,57-,58-,59-,60-/m0/s1. The molecule has 0 aliphatic rings. The summed E-state index contributed by atoms with van der Waals surface area (Å²) in [5.74, 6) is -5.91. The molecular formula is C69H123N7O16. The number of hydrogen-bond acceptors (Lipinski definition) is 16. The van der Waals surface area contributed by atoms with Gasteiger partial charge in [0, 0.05) is 76.9 Å². The van der Waals surface area contributed by atoms with Gasteiger partial charge in [0.2, 0.25) is 23.6 Å². The smallest absolute Gasteiger partial charge is 0.326 e. The number of rotatable bonds is 67. The summed E-state index contributed by atoms with van der Waals surface area (Å²) in [5.41, 5.74) is 12.2. The maximum Gasteiger partial charge on any atom is 0.326 e. The van der Waals surface area contributed by atoms with Crippen molar-refractivity contribution in [2.45, 2.75) is 321 Å². The Morgan fingerprint density at radius 2 is 0.815 bits per heavy atom. The molecule has 0 aromatic rings. The minimum Gasteiger partial charge on any atom is -0.481 e. The molecule has 0 bridgehead atoms. The minimum absolute atomic E-state index is 0.0383. The zero-order valence-electron chi connectivity index (χ0n) is 56.5. The fourth-order valence-electron chi connectivity index (χ4n) is 11.1. The van der Waals surface area contributed by atoms with E-state index in [1.807, 2.05) is 6.92 Å². The Labute approximate surface area is 549 Å². The molecule has 0 aliphatic heterocycles. The van der Waals surface area contributed by atoms with Crippen molar-refractivity contribution in [3.63, 3.8) is 0 Å². The number of amides is 4. The Kier molecular flexibility index (Phi) is 54.6. The van der Waals surface area contributed by atoms with E-state index in [-0.39, 0.29) is 111 Å². The molecule has 0 aromatic carbocycles. The molecule has 0 saturated carbocycles. The molecule has 92 heavy (non-hydrogen) atoms. The summed E-state index contributed by atoms with van der Waals surface area (Å²) in [6.07, 6.45) is 29.4. The number of carboxylic acids is 3. The first-order valence-corrected chi connectivity index (χ1v) is 35.3. The average molecular weight is 1310 g/mol. The summed E-state index contributed by atoms with van der Waals surface area (Å²) in [4.78, 5) is 146. The number of aliphatic hydroxyl groups excluding tert-OH is 1. The van der Waals surface area contributed by atoms with E-state index in [4.69, 9.17) is 16.6 Å². The number of aliphatic carboxylic acids is 3. The number of carbonyl (C=O) groups excluding carboxylic acids is 9. The third kappa shape index (κ3) is 51.0. The summed E-state index contributed by atoms with van der Waals surface area (Å²) in [5, 5.41) is 51.6. The molecule has 0 aliphatic carbocycles. The molecule has 0 radical (unpaired) electrons. The summed E-state index contributed by atoms with van der Waals surface area (Å²) >= 11 is 0. The normalized spacial score (nSPS) is 13.2. The van der Waals surface area contributed by atoms with Crippen molar-refractivity contribution in [2.75, 3.05) is 32.8 Å². The maximum absolute atomic E-state index is 13.2. The van der Waals surface area contributed by atoms with Gasteiger partial charge in [-0.2, -0.15) is 0 Å². The van der Waals surface area contributed by atoms with Gasteiger partial charge in [-0.05, 0) is 116 Å². The van der Waals surface area contributed by atoms with Gasteiger partial charge in [0.1, 0.15) is 35.8 Å². The van der Waals surface area contributed by atoms with E-state index in [9.17, 15) is 72.9 Å². The minimum atomic E-state index is -1.20.